The number of carboxylic acid groups (broad SMARTS) is 1. The number of methoxy groups -OCH3 is 2. The van der Waals surface area contributed by atoms with E-state index >= 15 is 0 Å². The molecule has 0 aliphatic carbocycles. The van der Waals surface area contributed by atoms with E-state index in [1.165, 1.54) is 32.5 Å². The number of aromatic carboxylic acids is 1. The molecule has 1 aromatic heterocycles. The maximum atomic E-state index is 12.2. The van der Waals surface area contributed by atoms with Gasteiger partial charge >= 0.3 is 0 Å². The highest BCUT2D eigenvalue weighted by Gasteiger charge is 2.15. The molecular weight excluding hydrogens is 288 g/mol. The number of hydrogen-bond acceptors (Lipinski definition) is 6. The summed E-state index contributed by atoms with van der Waals surface area (Å²) >= 11 is 0. The van der Waals surface area contributed by atoms with Crippen LogP contribution in [0, 0.1) is 0 Å². The Bertz CT molecular complexity index is 715. The number of rotatable bonds is 5. The van der Waals surface area contributed by atoms with E-state index in [2.05, 4.69) is 10.3 Å². The number of carbonyl (C=O) groups excluding carboxylic acids is 2. The van der Waals surface area contributed by atoms with Crippen molar-refractivity contribution in [1.82, 2.24) is 4.98 Å². The number of anilines is 1. The van der Waals surface area contributed by atoms with Gasteiger partial charge in [-0.2, -0.15) is 0 Å². The third-order valence-electron chi connectivity index (χ3n) is 2.90. The fourth-order valence-corrected chi connectivity index (χ4v) is 1.84. The predicted molar refractivity (Wildman–Crippen MR) is 76.1 cm³/mol. The van der Waals surface area contributed by atoms with E-state index in [4.69, 9.17) is 9.47 Å². The van der Waals surface area contributed by atoms with Crippen molar-refractivity contribution in [3.63, 3.8) is 0 Å². The number of hydrogen-bond donors (Lipinski definition) is 1. The highest BCUT2D eigenvalue weighted by molar-refractivity contribution is 6.10. The first-order valence-electron chi connectivity index (χ1n) is 6.26. The molecule has 0 bridgehead atoms. The molecule has 22 heavy (non-hydrogen) atoms. The number of nitrogens with zero attached hydrogens (tertiary/aromatic N) is 1. The number of nitrogens with one attached hydrogen (secondary N) is 1. The minimum atomic E-state index is -1.52. The van der Waals surface area contributed by atoms with Gasteiger partial charge in [-0.3, -0.25) is 9.78 Å². The van der Waals surface area contributed by atoms with E-state index in [0.29, 0.717) is 17.2 Å². The van der Waals surface area contributed by atoms with Crippen molar-refractivity contribution in [2.24, 2.45) is 0 Å². The number of ether oxygens (including phenoxy) is 2. The van der Waals surface area contributed by atoms with Gasteiger partial charge in [0, 0.05) is 12.3 Å². The molecular formula is C15H13N2O5-. The van der Waals surface area contributed by atoms with Gasteiger partial charge in [0.15, 0.2) is 0 Å². The summed E-state index contributed by atoms with van der Waals surface area (Å²) in [6, 6.07) is 7.64. The number of amides is 1. The summed E-state index contributed by atoms with van der Waals surface area (Å²) in [7, 11) is 2.95. The summed E-state index contributed by atoms with van der Waals surface area (Å²) in [5.74, 6) is -1.21. The molecule has 0 aliphatic heterocycles. The second-order valence-corrected chi connectivity index (χ2v) is 4.21. The number of benzene rings is 1. The maximum Gasteiger partial charge on any atom is 0.258 e. The number of aromatic nitrogens is 1. The molecule has 2 aromatic rings. The van der Waals surface area contributed by atoms with Crippen LogP contribution in [-0.2, 0) is 0 Å². The Morgan fingerprint density at radius 1 is 1.18 bits per heavy atom. The average molecular weight is 301 g/mol. The standard InChI is InChI=1S/C15H14N2O5/c1-21-9-5-6-11(12(8-9)22-2)17-14(18)10-4-3-7-16-13(10)15(19)20/h3-8H,1-2H3,(H,17,18)(H,19,20)/p-1. The molecule has 7 heteroatoms. The Balaban J connectivity index is 2.32. The number of carboxylic acids is 1. The Hall–Kier alpha value is -3.09. The van der Waals surface area contributed by atoms with E-state index in [1.54, 1.807) is 18.2 Å². The highest BCUT2D eigenvalue weighted by Crippen LogP contribution is 2.29. The summed E-state index contributed by atoms with van der Waals surface area (Å²) < 4.78 is 10.2. The maximum absolute atomic E-state index is 12.2. The van der Waals surface area contributed by atoms with Gasteiger partial charge in [0.2, 0.25) is 0 Å². The van der Waals surface area contributed by atoms with Crippen LogP contribution in [0.2, 0.25) is 0 Å². The van der Waals surface area contributed by atoms with E-state index < -0.39 is 17.6 Å². The molecule has 1 heterocycles. The lowest BCUT2D eigenvalue weighted by atomic mass is 10.1. The molecule has 0 spiro atoms. The van der Waals surface area contributed by atoms with Crippen molar-refractivity contribution >= 4 is 17.6 Å². The van der Waals surface area contributed by atoms with Crippen LogP contribution in [0.15, 0.2) is 36.5 Å². The topological polar surface area (TPSA) is 101 Å². The van der Waals surface area contributed by atoms with Crippen LogP contribution in [0.3, 0.4) is 0 Å². The first-order valence-corrected chi connectivity index (χ1v) is 6.26. The van der Waals surface area contributed by atoms with Crippen LogP contribution in [-0.4, -0.2) is 31.1 Å². The highest BCUT2D eigenvalue weighted by atomic mass is 16.5. The zero-order valence-electron chi connectivity index (χ0n) is 12.0. The van der Waals surface area contributed by atoms with Crippen LogP contribution >= 0.6 is 0 Å². The zero-order chi connectivity index (χ0) is 16.1. The molecule has 2 rings (SSSR count). The van der Waals surface area contributed by atoms with E-state index in [9.17, 15) is 14.7 Å². The van der Waals surface area contributed by atoms with Gasteiger partial charge in [-0.15, -0.1) is 0 Å². The third kappa shape index (κ3) is 3.14. The lowest BCUT2D eigenvalue weighted by molar-refractivity contribution is -0.255. The zero-order valence-corrected chi connectivity index (χ0v) is 12.0. The molecule has 1 aromatic carbocycles. The monoisotopic (exact) mass is 301 g/mol. The minimum absolute atomic E-state index is 0.0969. The molecule has 1 amide bonds. The normalized spacial score (nSPS) is 9.91. The van der Waals surface area contributed by atoms with Crippen LogP contribution in [0.25, 0.3) is 0 Å². The molecule has 7 nitrogen and oxygen atoms in total. The lowest BCUT2D eigenvalue weighted by Gasteiger charge is -2.13. The van der Waals surface area contributed by atoms with Crippen molar-refractivity contribution in [1.29, 1.82) is 0 Å². The summed E-state index contributed by atoms with van der Waals surface area (Å²) in [5.41, 5.74) is -0.144. The van der Waals surface area contributed by atoms with Crippen molar-refractivity contribution in [2.45, 2.75) is 0 Å². The van der Waals surface area contributed by atoms with Gasteiger partial charge in [0.05, 0.1) is 37.1 Å². The van der Waals surface area contributed by atoms with Gasteiger partial charge in [-0.25, -0.2) is 0 Å². The van der Waals surface area contributed by atoms with Crippen LogP contribution in [0.4, 0.5) is 5.69 Å². The Labute approximate surface area is 126 Å². The van der Waals surface area contributed by atoms with E-state index in [0.717, 1.165) is 0 Å². The predicted octanol–water partition coefficient (Wildman–Crippen LogP) is 0.715. The van der Waals surface area contributed by atoms with Crippen LogP contribution < -0.4 is 19.9 Å². The Morgan fingerprint density at radius 3 is 2.59 bits per heavy atom. The van der Waals surface area contributed by atoms with Crippen LogP contribution in [0.1, 0.15) is 20.8 Å². The van der Waals surface area contributed by atoms with E-state index in [-0.39, 0.29) is 5.56 Å². The first kappa shape index (κ1) is 15.3. The van der Waals surface area contributed by atoms with Crippen molar-refractivity contribution in [2.75, 3.05) is 19.5 Å². The molecule has 0 saturated heterocycles. The third-order valence-corrected chi connectivity index (χ3v) is 2.90. The minimum Gasteiger partial charge on any atom is -0.543 e. The average Bonchev–Trinajstić information content (AvgIpc) is 2.55. The van der Waals surface area contributed by atoms with E-state index in [1.807, 2.05) is 0 Å². The van der Waals surface area contributed by atoms with Crippen LogP contribution in [0.5, 0.6) is 11.5 Å². The van der Waals surface area contributed by atoms with Gasteiger partial charge in [-0.1, -0.05) is 0 Å². The second-order valence-electron chi connectivity index (χ2n) is 4.21. The molecule has 0 aliphatic rings. The second kappa shape index (κ2) is 6.57. The summed E-state index contributed by atoms with van der Waals surface area (Å²) in [6.45, 7) is 0. The van der Waals surface area contributed by atoms with Crippen molar-refractivity contribution in [3.05, 3.63) is 47.8 Å². The quantitative estimate of drug-likeness (QED) is 0.873. The molecule has 0 unspecified atom stereocenters. The fraction of sp³-hybridized carbons (Fsp3) is 0.133. The number of pyridine rings is 1. The molecule has 0 radical (unpaired) electrons. The summed E-state index contributed by atoms with van der Waals surface area (Å²) in [5, 5.41) is 13.6. The van der Waals surface area contributed by atoms with Crippen molar-refractivity contribution in [3.8, 4) is 11.5 Å². The van der Waals surface area contributed by atoms with Gasteiger partial charge in [0.25, 0.3) is 5.91 Å². The Morgan fingerprint density at radius 2 is 1.95 bits per heavy atom. The van der Waals surface area contributed by atoms with Crippen molar-refractivity contribution < 1.29 is 24.2 Å². The fourth-order valence-electron chi connectivity index (χ4n) is 1.84. The first-order chi connectivity index (χ1) is 10.6. The van der Waals surface area contributed by atoms with Gasteiger partial charge < -0.3 is 24.7 Å². The summed E-state index contributed by atoms with van der Waals surface area (Å²) in [6.07, 6.45) is 1.27. The molecule has 0 atom stereocenters. The van der Waals surface area contributed by atoms with Gasteiger partial charge in [-0.05, 0) is 24.3 Å². The summed E-state index contributed by atoms with van der Waals surface area (Å²) in [4.78, 5) is 26.9. The molecule has 0 fully saturated rings. The SMILES string of the molecule is COc1ccc(NC(=O)c2cccnc2C(=O)[O-])c(OC)c1. The largest absolute Gasteiger partial charge is 0.543 e. The lowest BCUT2D eigenvalue weighted by Crippen LogP contribution is -2.27. The molecule has 0 saturated carbocycles. The molecule has 114 valence electrons. The van der Waals surface area contributed by atoms with Gasteiger partial charge in [0.1, 0.15) is 11.5 Å². The number of carbonyl (C=O) groups is 2. The smallest absolute Gasteiger partial charge is 0.258 e. The molecule has 1 N–H and O–H groups in total. The Kier molecular flexibility index (Phi) is 4.57.